The van der Waals surface area contributed by atoms with Crippen molar-refractivity contribution in [3.63, 3.8) is 0 Å². The summed E-state index contributed by atoms with van der Waals surface area (Å²) < 4.78 is 0. The molecule has 0 amide bonds. The molecule has 1 fully saturated rings. The monoisotopic (exact) mass is 322 g/mol. The van der Waals surface area contributed by atoms with E-state index >= 15 is 0 Å². The van der Waals surface area contributed by atoms with Crippen LogP contribution in [0.3, 0.4) is 0 Å². The van der Waals surface area contributed by atoms with Crippen LogP contribution < -0.4 is 5.73 Å². The quantitative estimate of drug-likeness (QED) is 0.928. The van der Waals surface area contributed by atoms with Gasteiger partial charge in [-0.2, -0.15) is 11.8 Å². The number of hydrogen-bond donors (Lipinski definition) is 1. The summed E-state index contributed by atoms with van der Waals surface area (Å²) in [6, 6.07) is 10.5. The Morgan fingerprint density at radius 1 is 1.20 bits per heavy atom. The number of rotatable bonds is 4. The second-order valence-corrected chi connectivity index (χ2v) is 8.24. The van der Waals surface area contributed by atoms with Crippen LogP contribution in [0.4, 0.5) is 0 Å². The molecule has 2 nitrogen and oxygen atoms in total. The van der Waals surface area contributed by atoms with Crippen LogP contribution in [0.25, 0.3) is 11.3 Å². The third kappa shape index (κ3) is 3.22. The predicted octanol–water partition coefficient (Wildman–Crippen LogP) is 3.83. The molecule has 2 heterocycles. The Balaban J connectivity index is 1.93. The molecule has 0 radical (unpaired) electrons. The summed E-state index contributed by atoms with van der Waals surface area (Å²) in [6.07, 6.45) is 0.923. The molecule has 1 aliphatic rings. The SMILES string of the molecule is NCCc1sc(C2CSCCS2)nc1-c1ccccc1. The van der Waals surface area contributed by atoms with Gasteiger partial charge in [-0.1, -0.05) is 30.3 Å². The molecule has 0 aliphatic carbocycles. The van der Waals surface area contributed by atoms with Gasteiger partial charge in [0, 0.05) is 27.7 Å². The molecule has 0 saturated carbocycles. The van der Waals surface area contributed by atoms with Crippen LogP contribution >= 0.6 is 34.9 Å². The van der Waals surface area contributed by atoms with Gasteiger partial charge >= 0.3 is 0 Å². The molecular weight excluding hydrogens is 304 g/mol. The first kappa shape index (κ1) is 14.4. The van der Waals surface area contributed by atoms with Gasteiger partial charge in [0.15, 0.2) is 0 Å². The molecule has 1 aliphatic heterocycles. The Bertz CT molecular complexity index is 548. The summed E-state index contributed by atoms with van der Waals surface area (Å²) >= 11 is 5.95. The first-order valence-electron chi connectivity index (χ1n) is 6.83. The van der Waals surface area contributed by atoms with Crippen LogP contribution in [0.2, 0.25) is 0 Å². The van der Waals surface area contributed by atoms with Crippen molar-refractivity contribution in [3.8, 4) is 11.3 Å². The maximum Gasteiger partial charge on any atom is 0.107 e. The number of thiazole rings is 1. The van der Waals surface area contributed by atoms with E-state index in [1.807, 2.05) is 40.9 Å². The lowest BCUT2D eigenvalue weighted by molar-refractivity contribution is 0.984. The Labute approximate surface area is 132 Å². The van der Waals surface area contributed by atoms with Crippen molar-refractivity contribution in [2.75, 3.05) is 23.8 Å². The van der Waals surface area contributed by atoms with E-state index in [4.69, 9.17) is 10.7 Å². The molecule has 2 aromatic rings. The molecule has 2 N–H and O–H groups in total. The zero-order valence-corrected chi connectivity index (χ0v) is 13.7. The Morgan fingerprint density at radius 2 is 2.05 bits per heavy atom. The van der Waals surface area contributed by atoms with Crippen molar-refractivity contribution in [2.45, 2.75) is 11.7 Å². The van der Waals surface area contributed by atoms with Crippen LogP contribution in [-0.2, 0) is 6.42 Å². The van der Waals surface area contributed by atoms with Crippen LogP contribution in [-0.4, -0.2) is 28.8 Å². The summed E-state index contributed by atoms with van der Waals surface area (Å²) in [5.41, 5.74) is 8.13. The van der Waals surface area contributed by atoms with E-state index < -0.39 is 0 Å². The minimum Gasteiger partial charge on any atom is -0.330 e. The highest BCUT2D eigenvalue weighted by Gasteiger charge is 2.22. The van der Waals surface area contributed by atoms with Crippen molar-refractivity contribution in [1.82, 2.24) is 4.98 Å². The van der Waals surface area contributed by atoms with Gasteiger partial charge in [-0.3, -0.25) is 0 Å². The fourth-order valence-corrected chi connectivity index (χ4v) is 6.35. The zero-order chi connectivity index (χ0) is 13.8. The van der Waals surface area contributed by atoms with Crippen LogP contribution in [0.5, 0.6) is 0 Å². The fraction of sp³-hybridized carbons (Fsp3) is 0.400. The third-order valence-corrected chi connectivity index (χ3v) is 7.37. The Hall–Kier alpha value is -0.490. The highest BCUT2D eigenvalue weighted by Crippen LogP contribution is 2.41. The van der Waals surface area contributed by atoms with Crippen molar-refractivity contribution >= 4 is 34.9 Å². The van der Waals surface area contributed by atoms with E-state index in [0.29, 0.717) is 11.8 Å². The average Bonchev–Trinajstić information content (AvgIpc) is 2.94. The van der Waals surface area contributed by atoms with Gasteiger partial charge in [-0.15, -0.1) is 23.1 Å². The summed E-state index contributed by atoms with van der Waals surface area (Å²) in [6.45, 7) is 0.689. The highest BCUT2D eigenvalue weighted by atomic mass is 32.2. The van der Waals surface area contributed by atoms with E-state index in [1.54, 1.807) is 0 Å². The fourth-order valence-electron chi connectivity index (χ4n) is 2.26. The van der Waals surface area contributed by atoms with Gasteiger partial charge in [-0.25, -0.2) is 4.98 Å². The van der Waals surface area contributed by atoms with Gasteiger partial charge in [0.1, 0.15) is 5.01 Å². The van der Waals surface area contributed by atoms with Gasteiger partial charge in [0.25, 0.3) is 0 Å². The predicted molar refractivity (Wildman–Crippen MR) is 92.8 cm³/mol. The second kappa shape index (κ2) is 6.98. The lowest BCUT2D eigenvalue weighted by Gasteiger charge is -2.18. The molecule has 1 aromatic heterocycles. The molecule has 1 aromatic carbocycles. The van der Waals surface area contributed by atoms with E-state index in [0.717, 1.165) is 12.1 Å². The molecule has 1 unspecified atom stereocenters. The van der Waals surface area contributed by atoms with E-state index in [9.17, 15) is 0 Å². The van der Waals surface area contributed by atoms with E-state index in [1.165, 1.54) is 32.7 Å². The average molecular weight is 323 g/mol. The molecule has 3 rings (SSSR count). The number of nitrogens with two attached hydrogens (primary N) is 1. The summed E-state index contributed by atoms with van der Waals surface area (Å²) in [5, 5.41) is 1.84. The molecular formula is C15H18N2S3. The number of benzene rings is 1. The maximum atomic E-state index is 5.76. The van der Waals surface area contributed by atoms with E-state index in [2.05, 4.69) is 24.3 Å². The van der Waals surface area contributed by atoms with Crippen molar-refractivity contribution in [3.05, 3.63) is 40.2 Å². The standard InChI is InChI=1S/C15H18N2S3/c16-7-6-12-14(11-4-2-1-3-5-11)17-15(20-12)13-10-18-8-9-19-13/h1-5,13H,6-10,16H2. The normalized spacial score (nSPS) is 19.1. The largest absolute Gasteiger partial charge is 0.330 e. The lowest BCUT2D eigenvalue weighted by atomic mass is 10.1. The topological polar surface area (TPSA) is 38.9 Å². The van der Waals surface area contributed by atoms with Gasteiger partial charge in [0.2, 0.25) is 0 Å². The molecule has 1 atom stereocenters. The van der Waals surface area contributed by atoms with Crippen molar-refractivity contribution in [1.29, 1.82) is 0 Å². The number of hydrogen-bond acceptors (Lipinski definition) is 5. The minimum atomic E-state index is 0.563. The van der Waals surface area contributed by atoms with Crippen LogP contribution in [0.15, 0.2) is 30.3 Å². The summed E-state index contributed by atoms with van der Waals surface area (Å²) in [4.78, 5) is 6.29. The second-order valence-electron chi connectivity index (χ2n) is 4.66. The number of aromatic nitrogens is 1. The Morgan fingerprint density at radius 3 is 2.75 bits per heavy atom. The van der Waals surface area contributed by atoms with Gasteiger partial charge < -0.3 is 5.73 Å². The van der Waals surface area contributed by atoms with Crippen LogP contribution in [0.1, 0.15) is 15.1 Å². The molecule has 0 bridgehead atoms. The summed E-state index contributed by atoms with van der Waals surface area (Å²) in [5.74, 6) is 3.70. The molecule has 0 spiro atoms. The lowest BCUT2D eigenvalue weighted by Crippen LogP contribution is -2.05. The molecule has 20 heavy (non-hydrogen) atoms. The first-order valence-corrected chi connectivity index (χ1v) is 9.85. The van der Waals surface area contributed by atoms with Gasteiger partial charge in [0.05, 0.1) is 10.9 Å². The molecule has 1 saturated heterocycles. The molecule has 5 heteroatoms. The maximum absolute atomic E-state index is 5.76. The number of thioether (sulfide) groups is 2. The summed E-state index contributed by atoms with van der Waals surface area (Å²) in [7, 11) is 0. The molecule has 106 valence electrons. The number of nitrogens with zero attached hydrogens (tertiary/aromatic N) is 1. The Kier molecular flexibility index (Phi) is 5.04. The smallest absolute Gasteiger partial charge is 0.107 e. The zero-order valence-electron chi connectivity index (χ0n) is 11.2. The van der Waals surface area contributed by atoms with Crippen LogP contribution in [0, 0.1) is 0 Å². The third-order valence-electron chi connectivity index (χ3n) is 3.22. The van der Waals surface area contributed by atoms with E-state index in [-0.39, 0.29) is 0 Å². The highest BCUT2D eigenvalue weighted by molar-refractivity contribution is 8.06. The van der Waals surface area contributed by atoms with Crippen molar-refractivity contribution in [2.24, 2.45) is 5.73 Å². The van der Waals surface area contributed by atoms with Crippen molar-refractivity contribution < 1.29 is 0 Å². The van der Waals surface area contributed by atoms with Gasteiger partial charge in [-0.05, 0) is 13.0 Å². The minimum absolute atomic E-state index is 0.563. The first-order chi connectivity index (χ1) is 9.88.